The molecule has 18 heavy (non-hydrogen) atoms. The van der Waals surface area contributed by atoms with Crippen LogP contribution >= 0.6 is 0 Å². The average molecular weight is 246 g/mol. The van der Waals surface area contributed by atoms with Crippen molar-refractivity contribution in [2.75, 3.05) is 26.2 Å². The van der Waals surface area contributed by atoms with Crippen molar-refractivity contribution in [2.24, 2.45) is 0 Å². The molecule has 1 aromatic rings. The molecule has 2 nitrogen and oxygen atoms in total. The Kier molecular flexibility index (Phi) is 5.21. The zero-order valence-electron chi connectivity index (χ0n) is 11.7. The predicted octanol–water partition coefficient (Wildman–Crippen LogP) is 2.86. The van der Waals surface area contributed by atoms with Crippen molar-refractivity contribution < 1.29 is 0 Å². The predicted molar refractivity (Wildman–Crippen MR) is 78.0 cm³/mol. The summed E-state index contributed by atoms with van der Waals surface area (Å²) < 4.78 is 0. The highest BCUT2D eigenvalue weighted by atomic mass is 15.2. The van der Waals surface area contributed by atoms with E-state index in [-0.39, 0.29) is 0 Å². The van der Waals surface area contributed by atoms with Crippen LogP contribution in [0.2, 0.25) is 0 Å². The van der Waals surface area contributed by atoms with Crippen molar-refractivity contribution in [1.29, 1.82) is 0 Å². The van der Waals surface area contributed by atoms with Crippen molar-refractivity contribution in [3.05, 3.63) is 35.9 Å². The second-order valence-electron chi connectivity index (χ2n) is 5.35. The van der Waals surface area contributed by atoms with Crippen LogP contribution in [0.15, 0.2) is 30.3 Å². The van der Waals surface area contributed by atoms with Crippen molar-refractivity contribution in [3.63, 3.8) is 0 Å². The van der Waals surface area contributed by atoms with Crippen LogP contribution in [0.4, 0.5) is 0 Å². The molecule has 1 aliphatic heterocycles. The minimum absolute atomic E-state index is 0.656. The largest absolute Gasteiger partial charge is 0.313 e. The van der Waals surface area contributed by atoms with Crippen LogP contribution < -0.4 is 5.32 Å². The van der Waals surface area contributed by atoms with Gasteiger partial charge in [-0.3, -0.25) is 0 Å². The van der Waals surface area contributed by atoms with Gasteiger partial charge in [0.25, 0.3) is 0 Å². The molecule has 2 heteroatoms. The molecule has 0 bridgehead atoms. The summed E-state index contributed by atoms with van der Waals surface area (Å²) in [5.41, 5.74) is 1.50. The van der Waals surface area contributed by atoms with E-state index in [2.05, 4.69) is 54.4 Å². The number of likely N-dealkylation sites (N-methyl/N-ethyl adjacent to an activating group) is 1. The lowest BCUT2D eigenvalue weighted by Crippen LogP contribution is -2.48. The highest BCUT2D eigenvalue weighted by Gasteiger charge is 2.26. The number of rotatable bonds is 5. The number of benzene rings is 1. The van der Waals surface area contributed by atoms with Gasteiger partial charge in [-0.1, -0.05) is 44.2 Å². The average Bonchev–Trinajstić information content (AvgIpc) is 2.45. The molecular formula is C16H26N2. The molecule has 1 aromatic carbocycles. The van der Waals surface area contributed by atoms with Crippen molar-refractivity contribution in [3.8, 4) is 0 Å². The van der Waals surface area contributed by atoms with Crippen LogP contribution in [0.25, 0.3) is 0 Å². The number of likely N-dealkylation sites (tertiary alicyclic amines) is 1. The van der Waals surface area contributed by atoms with Crippen LogP contribution in [-0.4, -0.2) is 37.1 Å². The van der Waals surface area contributed by atoms with Gasteiger partial charge in [0.1, 0.15) is 0 Å². The second kappa shape index (κ2) is 6.91. The fourth-order valence-electron chi connectivity index (χ4n) is 2.91. The van der Waals surface area contributed by atoms with E-state index < -0.39 is 0 Å². The van der Waals surface area contributed by atoms with Gasteiger partial charge in [0.15, 0.2) is 0 Å². The van der Waals surface area contributed by atoms with E-state index in [9.17, 15) is 0 Å². The molecule has 0 aliphatic carbocycles. The molecular weight excluding hydrogens is 220 g/mol. The normalized spacial score (nSPS) is 25.2. The first kappa shape index (κ1) is 13.6. The molecule has 0 saturated carbocycles. The van der Waals surface area contributed by atoms with Gasteiger partial charge in [0.2, 0.25) is 0 Å². The third-order valence-electron chi connectivity index (χ3n) is 3.93. The highest BCUT2D eigenvalue weighted by molar-refractivity contribution is 5.21. The van der Waals surface area contributed by atoms with Crippen molar-refractivity contribution in [1.82, 2.24) is 10.2 Å². The fraction of sp³-hybridized carbons (Fsp3) is 0.625. The van der Waals surface area contributed by atoms with Crippen LogP contribution in [0, 0.1) is 0 Å². The molecule has 2 rings (SSSR count). The maximum absolute atomic E-state index is 3.69. The number of hydrogen-bond acceptors (Lipinski definition) is 2. The van der Waals surface area contributed by atoms with E-state index >= 15 is 0 Å². The van der Waals surface area contributed by atoms with Crippen molar-refractivity contribution in [2.45, 2.75) is 38.6 Å². The van der Waals surface area contributed by atoms with Crippen LogP contribution in [-0.2, 0) is 0 Å². The number of nitrogens with zero attached hydrogens (tertiary/aromatic N) is 1. The Morgan fingerprint density at radius 2 is 1.94 bits per heavy atom. The Morgan fingerprint density at radius 1 is 1.17 bits per heavy atom. The molecule has 1 fully saturated rings. The van der Waals surface area contributed by atoms with Gasteiger partial charge in [-0.15, -0.1) is 0 Å². The molecule has 0 radical (unpaired) electrons. The molecule has 1 saturated heterocycles. The molecule has 0 aromatic heterocycles. The Balaban J connectivity index is 2.01. The lowest BCUT2D eigenvalue weighted by atomic mass is 9.88. The summed E-state index contributed by atoms with van der Waals surface area (Å²) in [6, 6.07) is 11.6. The van der Waals surface area contributed by atoms with E-state index in [4.69, 9.17) is 0 Å². The van der Waals surface area contributed by atoms with Gasteiger partial charge in [-0.25, -0.2) is 0 Å². The highest BCUT2D eigenvalue weighted by Crippen LogP contribution is 2.26. The van der Waals surface area contributed by atoms with Gasteiger partial charge < -0.3 is 10.2 Å². The summed E-state index contributed by atoms with van der Waals surface area (Å²) in [6.07, 6.45) is 2.50. The maximum Gasteiger partial charge on any atom is 0.0201 e. The molecule has 0 spiro atoms. The lowest BCUT2D eigenvalue weighted by molar-refractivity contribution is 0.179. The van der Waals surface area contributed by atoms with E-state index in [0.717, 1.165) is 13.1 Å². The van der Waals surface area contributed by atoms with Crippen LogP contribution in [0.5, 0.6) is 0 Å². The Labute approximate surface area is 111 Å². The Morgan fingerprint density at radius 3 is 2.61 bits per heavy atom. The number of hydrogen-bond donors (Lipinski definition) is 1. The SMILES string of the molecule is CCCNC1CC(c2ccccc2)CN(CC)C1. The monoisotopic (exact) mass is 246 g/mol. The quantitative estimate of drug-likeness (QED) is 0.859. The minimum Gasteiger partial charge on any atom is -0.313 e. The van der Waals surface area contributed by atoms with E-state index in [1.165, 1.54) is 31.5 Å². The molecule has 100 valence electrons. The first-order valence-electron chi connectivity index (χ1n) is 7.34. The molecule has 1 aliphatic rings. The number of nitrogens with one attached hydrogen (secondary N) is 1. The summed E-state index contributed by atoms with van der Waals surface area (Å²) in [5.74, 6) is 0.689. The summed E-state index contributed by atoms with van der Waals surface area (Å²) in [5, 5.41) is 3.69. The summed E-state index contributed by atoms with van der Waals surface area (Å²) in [6.45, 7) is 9.23. The Bertz CT molecular complexity index is 336. The topological polar surface area (TPSA) is 15.3 Å². The van der Waals surface area contributed by atoms with Crippen LogP contribution in [0.3, 0.4) is 0 Å². The maximum atomic E-state index is 3.69. The van der Waals surface area contributed by atoms with Crippen molar-refractivity contribution >= 4 is 0 Å². The third kappa shape index (κ3) is 3.56. The second-order valence-corrected chi connectivity index (χ2v) is 5.35. The van der Waals surface area contributed by atoms with Gasteiger partial charge in [0, 0.05) is 19.1 Å². The van der Waals surface area contributed by atoms with Gasteiger partial charge in [-0.2, -0.15) is 0 Å². The van der Waals surface area contributed by atoms with E-state index in [1.807, 2.05) is 0 Å². The molecule has 1 heterocycles. The van der Waals surface area contributed by atoms with Gasteiger partial charge in [-0.05, 0) is 37.4 Å². The summed E-state index contributed by atoms with van der Waals surface area (Å²) >= 11 is 0. The fourth-order valence-corrected chi connectivity index (χ4v) is 2.91. The summed E-state index contributed by atoms with van der Waals surface area (Å²) in [7, 11) is 0. The first-order chi connectivity index (χ1) is 8.83. The minimum atomic E-state index is 0.656. The standard InChI is InChI=1S/C16H26N2/c1-3-10-17-16-11-15(12-18(4-2)13-16)14-8-6-5-7-9-14/h5-9,15-17H,3-4,10-13H2,1-2H3. The van der Waals surface area contributed by atoms with E-state index in [0.29, 0.717) is 12.0 Å². The van der Waals surface area contributed by atoms with Crippen LogP contribution in [0.1, 0.15) is 38.2 Å². The molecule has 2 atom stereocenters. The zero-order chi connectivity index (χ0) is 12.8. The zero-order valence-corrected chi connectivity index (χ0v) is 11.7. The molecule has 1 N–H and O–H groups in total. The molecule has 0 amide bonds. The smallest absolute Gasteiger partial charge is 0.0201 e. The summed E-state index contributed by atoms with van der Waals surface area (Å²) in [4.78, 5) is 2.58. The third-order valence-corrected chi connectivity index (χ3v) is 3.93. The number of piperidine rings is 1. The van der Waals surface area contributed by atoms with E-state index in [1.54, 1.807) is 0 Å². The lowest BCUT2D eigenvalue weighted by Gasteiger charge is -2.38. The molecule has 2 unspecified atom stereocenters. The van der Waals surface area contributed by atoms with Gasteiger partial charge in [0.05, 0.1) is 0 Å². The first-order valence-corrected chi connectivity index (χ1v) is 7.34. The van der Waals surface area contributed by atoms with Gasteiger partial charge >= 0.3 is 0 Å². The Hall–Kier alpha value is -0.860.